The van der Waals surface area contributed by atoms with Crippen molar-refractivity contribution >= 4 is 17.5 Å². The number of amides is 1. The highest BCUT2D eigenvalue weighted by Gasteiger charge is 2.32. The van der Waals surface area contributed by atoms with Gasteiger partial charge in [-0.3, -0.25) is 9.59 Å². The molecule has 0 aliphatic carbocycles. The van der Waals surface area contributed by atoms with Crippen LogP contribution in [0.2, 0.25) is 5.02 Å². The number of nitrogens with one attached hydrogen (secondary N) is 1. The van der Waals surface area contributed by atoms with Crippen molar-refractivity contribution in [2.45, 2.75) is 19.1 Å². The number of hydrogen-bond acceptors (Lipinski definition) is 4. The molecule has 0 radical (unpaired) electrons. The van der Waals surface area contributed by atoms with Gasteiger partial charge in [0.05, 0.1) is 23.9 Å². The van der Waals surface area contributed by atoms with Crippen molar-refractivity contribution in [1.82, 2.24) is 9.58 Å². The molecule has 7 heteroatoms. The third kappa shape index (κ3) is 3.42. The molecule has 6 nitrogen and oxygen atoms in total. The summed E-state index contributed by atoms with van der Waals surface area (Å²) in [6, 6.07) is 16.7. The number of carbonyl (C=O) groups excluding carboxylic acids is 1. The fourth-order valence-electron chi connectivity index (χ4n) is 4.38. The van der Waals surface area contributed by atoms with Crippen LogP contribution in [0, 0.1) is 0 Å². The normalized spacial score (nSPS) is 17.1. The van der Waals surface area contributed by atoms with Crippen LogP contribution in [0.15, 0.2) is 59.4 Å². The molecular formula is C24H22ClN3O3. The molecule has 1 aromatic heterocycles. The lowest BCUT2D eigenvalue weighted by molar-refractivity contribution is 0.0724. The van der Waals surface area contributed by atoms with Gasteiger partial charge in [-0.15, -0.1) is 0 Å². The van der Waals surface area contributed by atoms with Crippen molar-refractivity contribution in [2.24, 2.45) is 0 Å². The third-order valence-corrected chi connectivity index (χ3v) is 6.27. The number of carbonyl (C=O) groups is 1. The lowest BCUT2D eigenvalue weighted by Crippen LogP contribution is -2.38. The van der Waals surface area contributed by atoms with E-state index in [4.69, 9.17) is 16.3 Å². The highest BCUT2D eigenvalue weighted by atomic mass is 35.5. The van der Waals surface area contributed by atoms with E-state index >= 15 is 0 Å². The van der Waals surface area contributed by atoms with Gasteiger partial charge in [0.15, 0.2) is 0 Å². The van der Waals surface area contributed by atoms with Gasteiger partial charge in [-0.1, -0.05) is 48.0 Å². The maximum absolute atomic E-state index is 13.7. The second kappa shape index (κ2) is 7.87. The molecule has 0 bridgehead atoms. The van der Waals surface area contributed by atoms with Gasteiger partial charge < -0.3 is 15.1 Å². The first-order chi connectivity index (χ1) is 15.1. The van der Waals surface area contributed by atoms with Crippen LogP contribution < -0.4 is 11.0 Å². The SMILES string of the molecule is CO[C@H]1CCN(C(=O)c2cc(-c3ccccc3)c(=O)n3c2-c2cc(Cl)ccc2CN3)C1. The first-order valence-electron chi connectivity index (χ1n) is 10.3. The molecule has 2 aliphatic heterocycles. The zero-order chi connectivity index (χ0) is 21.5. The average molecular weight is 436 g/mol. The van der Waals surface area contributed by atoms with E-state index in [1.54, 1.807) is 18.1 Å². The maximum atomic E-state index is 13.7. The molecule has 1 atom stereocenters. The number of likely N-dealkylation sites (tertiary alicyclic amines) is 1. The van der Waals surface area contributed by atoms with Crippen LogP contribution in [-0.2, 0) is 11.3 Å². The first-order valence-corrected chi connectivity index (χ1v) is 10.6. The summed E-state index contributed by atoms with van der Waals surface area (Å²) in [6.45, 7) is 1.62. The fraction of sp³-hybridized carbons (Fsp3) is 0.250. The number of benzene rings is 2. The van der Waals surface area contributed by atoms with Crippen LogP contribution in [0.3, 0.4) is 0 Å². The van der Waals surface area contributed by atoms with Gasteiger partial charge in [0.2, 0.25) is 0 Å². The van der Waals surface area contributed by atoms with E-state index in [9.17, 15) is 9.59 Å². The minimum atomic E-state index is -0.195. The zero-order valence-electron chi connectivity index (χ0n) is 17.1. The van der Waals surface area contributed by atoms with Gasteiger partial charge in [-0.05, 0) is 35.7 Å². The van der Waals surface area contributed by atoms with E-state index < -0.39 is 0 Å². The van der Waals surface area contributed by atoms with Crippen molar-refractivity contribution in [3.63, 3.8) is 0 Å². The molecule has 158 valence electrons. The molecule has 1 N–H and O–H groups in total. The Labute approximate surface area is 185 Å². The van der Waals surface area contributed by atoms with Gasteiger partial charge in [-0.25, -0.2) is 4.68 Å². The number of methoxy groups -OCH3 is 1. The van der Waals surface area contributed by atoms with Gasteiger partial charge in [-0.2, -0.15) is 0 Å². The lowest BCUT2D eigenvalue weighted by atomic mass is 9.95. The number of halogens is 1. The van der Waals surface area contributed by atoms with Gasteiger partial charge in [0.1, 0.15) is 0 Å². The quantitative estimate of drug-likeness (QED) is 0.680. The third-order valence-electron chi connectivity index (χ3n) is 6.04. The van der Waals surface area contributed by atoms with Crippen LogP contribution in [0.25, 0.3) is 22.4 Å². The molecule has 0 spiro atoms. The minimum absolute atomic E-state index is 0.0275. The summed E-state index contributed by atoms with van der Waals surface area (Å²) in [5.74, 6) is -0.116. The summed E-state index contributed by atoms with van der Waals surface area (Å²) < 4.78 is 6.94. The molecule has 31 heavy (non-hydrogen) atoms. The largest absolute Gasteiger partial charge is 0.380 e. The van der Waals surface area contributed by atoms with Crippen molar-refractivity contribution < 1.29 is 9.53 Å². The molecule has 1 amide bonds. The van der Waals surface area contributed by atoms with Crippen molar-refractivity contribution in [2.75, 3.05) is 25.6 Å². The average Bonchev–Trinajstić information content (AvgIpc) is 3.29. The molecule has 3 heterocycles. The Balaban J connectivity index is 1.74. The molecule has 2 aliphatic rings. The van der Waals surface area contributed by atoms with Crippen LogP contribution in [0.1, 0.15) is 22.3 Å². The summed E-state index contributed by atoms with van der Waals surface area (Å²) in [7, 11) is 1.66. The number of hydrogen-bond donors (Lipinski definition) is 1. The summed E-state index contributed by atoms with van der Waals surface area (Å²) >= 11 is 6.29. The number of pyridine rings is 1. The fourth-order valence-corrected chi connectivity index (χ4v) is 4.56. The van der Waals surface area contributed by atoms with E-state index in [0.717, 1.165) is 23.1 Å². The molecule has 1 fully saturated rings. The van der Waals surface area contributed by atoms with E-state index in [0.29, 0.717) is 41.5 Å². The minimum Gasteiger partial charge on any atom is -0.380 e. The first kappa shape index (κ1) is 19.8. The summed E-state index contributed by atoms with van der Waals surface area (Å²) in [6.07, 6.45) is 0.823. The number of fused-ring (bicyclic) bond motifs is 3. The number of aromatic nitrogens is 1. The maximum Gasteiger partial charge on any atom is 0.277 e. The smallest absolute Gasteiger partial charge is 0.277 e. The Bertz CT molecular complexity index is 1220. The molecule has 0 unspecified atom stereocenters. The van der Waals surface area contributed by atoms with Crippen molar-refractivity contribution in [1.29, 1.82) is 0 Å². The van der Waals surface area contributed by atoms with E-state index in [1.807, 2.05) is 48.5 Å². The Kier molecular flexibility index (Phi) is 5.04. The Morgan fingerprint density at radius 3 is 2.68 bits per heavy atom. The predicted molar refractivity (Wildman–Crippen MR) is 121 cm³/mol. The van der Waals surface area contributed by atoms with Gasteiger partial charge >= 0.3 is 0 Å². The Morgan fingerprint density at radius 1 is 1.13 bits per heavy atom. The van der Waals surface area contributed by atoms with E-state index in [2.05, 4.69) is 5.43 Å². The highest BCUT2D eigenvalue weighted by molar-refractivity contribution is 6.31. The van der Waals surface area contributed by atoms with Gasteiger partial charge in [0.25, 0.3) is 11.5 Å². The summed E-state index contributed by atoms with van der Waals surface area (Å²) in [4.78, 5) is 28.9. The molecule has 2 aromatic carbocycles. The van der Waals surface area contributed by atoms with E-state index in [-0.39, 0.29) is 17.6 Å². The molecule has 3 aromatic rings. The lowest BCUT2D eigenvalue weighted by Gasteiger charge is -2.28. The van der Waals surface area contributed by atoms with Crippen LogP contribution in [0.5, 0.6) is 0 Å². The van der Waals surface area contributed by atoms with Crippen LogP contribution >= 0.6 is 11.6 Å². The summed E-state index contributed by atoms with van der Waals surface area (Å²) in [5.41, 5.74) is 7.06. The Morgan fingerprint density at radius 2 is 1.94 bits per heavy atom. The highest BCUT2D eigenvalue weighted by Crippen LogP contribution is 2.34. The van der Waals surface area contributed by atoms with E-state index in [1.165, 1.54) is 4.68 Å². The number of nitrogens with zero attached hydrogens (tertiary/aromatic N) is 2. The topological polar surface area (TPSA) is 63.6 Å². The predicted octanol–water partition coefficient (Wildman–Crippen LogP) is 3.75. The van der Waals surface area contributed by atoms with Crippen LogP contribution in [-0.4, -0.2) is 41.8 Å². The molecule has 0 saturated carbocycles. The second-order valence-corrected chi connectivity index (χ2v) is 8.30. The monoisotopic (exact) mass is 435 g/mol. The number of rotatable bonds is 3. The van der Waals surface area contributed by atoms with Crippen molar-refractivity contribution in [3.05, 3.63) is 81.1 Å². The summed E-state index contributed by atoms with van der Waals surface area (Å²) in [5, 5.41) is 0.561. The molecule has 5 rings (SSSR count). The standard InChI is InChI=1S/C24H22ClN3O3/c1-31-18-9-10-27(14-18)23(29)21-12-20(15-5-3-2-4-6-15)24(30)28-22(21)19-11-17(25)8-7-16(19)13-26-28/h2-8,11-12,18,26H,9-10,13-14H2,1H3/t18-/m0/s1. The van der Waals surface area contributed by atoms with Crippen LogP contribution in [0.4, 0.5) is 0 Å². The Hall–Kier alpha value is -3.09. The van der Waals surface area contributed by atoms with Gasteiger partial charge in [0, 0.05) is 36.3 Å². The number of ether oxygens (including phenoxy) is 1. The molecular weight excluding hydrogens is 414 g/mol. The van der Waals surface area contributed by atoms with Crippen molar-refractivity contribution in [3.8, 4) is 22.4 Å². The second-order valence-electron chi connectivity index (χ2n) is 7.86. The molecule has 1 saturated heterocycles. The zero-order valence-corrected chi connectivity index (χ0v) is 17.9.